The van der Waals surface area contributed by atoms with Crippen LogP contribution in [0.4, 0.5) is 0 Å². The van der Waals surface area contributed by atoms with Gasteiger partial charge in [-0.3, -0.25) is 0 Å². The topological polar surface area (TPSA) is 17.3 Å². The maximum atomic E-state index is 4.39. The third-order valence-corrected chi connectivity index (χ3v) is 2.69. The molecular weight excluding hydrogens is 208 g/mol. The highest BCUT2D eigenvalue weighted by Gasteiger charge is 1.97. The molecule has 0 unspecified atom stereocenters. The number of hydrogen-bond donors (Lipinski definition) is 0. The summed E-state index contributed by atoms with van der Waals surface area (Å²) < 4.78 is 2.07. The quantitative estimate of drug-likeness (QED) is 0.646. The molecule has 0 N–H and O–H groups in total. The van der Waals surface area contributed by atoms with E-state index in [0.29, 0.717) is 0 Å². The normalized spacial score (nSPS) is 11.3. The average Bonchev–Trinajstić information content (AvgIpc) is 2.81. The molecule has 17 heavy (non-hydrogen) atoms. The summed E-state index contributed by atoms with van der Waals surface area (Å²) in [6.45, 7) is 0. The number of hydrogen-bond acceptors (Lipinski definition) is 1. The van der Waals surface area contributed by atoms with Gasteiger partial charge in [-0.15, -0.1) is 0 Å². The van der Waals surface area contributed by atoms with E-state index >= 15 is 0 Å². The molecule has 0 aliphatic rings. The van der Waals surface area contributed by atoms with Crippen molar-refractivity contribution in [1.29, 1.82) is 0 Å². The highest BCUT2D eigenvalue weighted by Crippen LogP contribution is 2.10. The smallest absolute Gasteiger partial charge is 0.137 e. The Kier molecular flexibility index (Phi) is 2.47. The molecule has 2 nitrogen and oxygen atoms in total. The molecule has 0 saturated heterocycles. The first-order valence-electron chi connectivity index (χ1n) is 5.59. The molecule has 0 spiro atoms. The molecule has 0 saturated carbocycles. The molecule has 0 radical (unpaired) electrons. The summed E-state index contributed by atoms with van der Waals surface area (Å²) >= 11 is 0. The minimum Gasteiger partial charge on any atom is -0.300 e. The zero-order chi connectivity index (χ0) is 11.5. The summed E-state index contributed by atoms with van der Waals surface area (Å²) in [7, 11) is 0. The first kappa shape index (κ1) is 9.85. The lowest BCUT2D eigenvalue weighted by Gasteiger charge is -1.95. The fraction of sp³-hybridized carbons (Fsp3) is 0. The molecule has 2 heteroatoms. The number of benzene rings is 1. The highest BCUT2D eigenvalue weighted by atomic mass is 15.0. The molecule has 3 aromatic rings. The molecular formula is C15H12N2. The number of aromatic nitrogens is 2. The van der Waals surface area contributed by atoms with E-state index < -0.39 is 0 Å². The van der Waals surface area contributed by atoms with Gasteiger partial charge in [-0.2, -0.15) is 0 Å². The predicted molar refractivity (Wildman–Crippen MR) is 70.6 cm³/mol. The van der Waals surface area contributed by atoms with Crippen molar-refractivity contribution in [3.63, 3.8) is 0 Å². The lowest BCUT2D eigenvalue weighted by molar-refractivity contribution is 1.12. The predicted octanol–water partition coefficient (Wildman–Crippen LogP) is 3.50. The van der Waals surface area contributed by atoms with Gasteiger partial charge in [0.1, 0.15) is 5.82 Å². The van der Waals surface area contributed by atoms with Gasteiger partial charge in [-0.1, -0.05) is 42.5 Å². The fourth-order valence-corrected chi connectivity index (χ4v) is 1.82. The molecule has 0 aliphatic carbocycles. The minimum absolute atomic E-state index is 0.949. The van der Waals surface area contributed by atoms with Gasteiger partial charge in [0.25, 0.3) is 0 Å². The van der Waals surface area contributed by atoms with Gasteiger partial charge in [0.15, 0.2) is 0 Å². The zero-order valence-electron chi connectivity index (χ0n) is 9.32. The van der Waals surface area contributed by atoms with Crippen LogP contribution in [0, 0.1) is 0 Å². The maximum absolute atomic E-state index is 4.39. The van der Waals surface area contributed by atoms with Gasteiger partial charge < -0.3 is 4.40 Å². The summed E-state index contributed by atoms with van der Waals surface area (Å²) in [5.74, 6) is 0.949. The van der Waals surface area contributed by atoms with Gasteiger partial charge in [-0.05, 0) is 23.8 Å². The van der Waals surface area contributed by atoms with Crippen molar-refractivity contribution in [1.82, 2.24) is 9.38 Å². The van der Waals surface area contributed by atoms with Crippen LogP contribution in [0.3, 0.4) is 0 Å². The maximum Gasteiger partial charge on any atom is 0.137 e. The number of pyridine rings is 1. The number of fused-ring (bicyclic) bond motifs is 1. The Morgan fingerprint density at radius 2 is 1.71 bits per heavy atom. The second-order valence-electron chi connectivity index (χ2n) is 3.86. The van der Waals surface area contributed by atoms with Crippen LogP contribution in [0.25, 0.3) is 17.7 Å². The van der Waals surface area contributed by atoms with Gasteiger partial charge in [0.2, 0.25) is 0 Å². The summed E-state index contributed by atoms with van der Waals surface area (Å²) in [4.78, 5) is 4.39. The van der Waals surface area contributed by atoms with Crippen molar-refractivity contribution in [2.45, 2.75) is 0 Å². The third-order valence-electron chi connectivity index (χ3n) is 2.69. The average molecular weight is 220 g/mol. The largest absolute Gasteiger partial charge is 0.300 e. The van der Waals surface area contributed by atoms with Crippen LogP contribution >= 0.6 is 0 Å². The summed E-state index contributed by atoms with van der Waals surface area (Å²) in [5, 5.41) is 0. The Balaban J connectivity index is 1.98. The summed E-state index contributed by atoms with van der Waals surface area (Å²) in [6, 6.07) is 16.3. The van der Waals surface area contributed by atoms with Crippen LogP contribution in [0.15, 0.2) is 60.9 Å². The number of imidazole rings is 1. The van der Waals surface area contributed by atoms with Crippen molar-refractivity contribution in [2.75, 3.05) is 0 Å². The molecule has 3 rings (SSSR count). The van der Waals surface area contributed by atoms with E-state index in [0.717, 1.165) is 11.3 Å². The van der Waals surface area contributed by atoms with Crippen molar-refractivity contribution in [3.8, 4) is 0 Å². The van der Waals surface area contributed by atoms with Crippen LogP contribution in [0.5, 0.6) is 0 Å². The lowest BCUT2D eigenvalue weighted by atomic mass is 10.2. The molecule has 0 fully saturated rings. The molecule has 2 heterocycles. The van der Waals surface area contributed by atoms with E-state index in [4.69, 9.17) is 0 Å². The monoisotopic (exact) mass is 220 g/mol. The first-order valence-corrected chi connectivity index (χ1v) is 5.59. The van der Waals surface area contributed by atoms with Gasteiger partial charge >= 0.3 is 0 Å². The van der Waals surface area contributed by atoms with E-state index in [1.165, 1.54) is 5.56 Å². The van der Waals surface area contributed by atoms with E-state index in [2.05, 4.69) is 27.6 Å². The molecule has 0 atom stereocenters. The Labute approximate surface area is 99.9 Å². The molecule has 82 valence electrons. The molecule has 0 bridgehead atoms. The van der Waals surface area contributed by atoms with Crippen LogP contribution in [-0.4, -0.2) is 9.38 Å². The van der Waals surface area contributed by atoms with Crippen molar-refractivity contribution in [3.05, 3.63) is 72.3 Å². The van der Waals surface area contributed by atoms with Crippen LogP contribution < -0.4 is 0 Å². The van der Waals surface area contributed by atoms with E-state index in [1.807, 2.05) is 54.9 Å². The second-order valence-corrected chi connectivity index (χ2v) is 3.86. The van der Waals surface area contributed by atoms with Crippen LogP contribution in [-0.2, 0) is 0 Å². The van der Waals surface area contributed by atoms with Crippen LogP contribution in [0.1, 0.15) is 11.4 Å². The number of rotatable bonds is 2. The van der Waals surface area contributed by atoms with E-state index in [9.17, 15) is 0 Å². The Morgan fingerprint density at radius 3 is 2.59 bits per heavy atom. The van der Waals surface area contributed by atoms with Crippen LogP contribution in [0.2, 0.25) is 0 Å². The summed E-state index contributed by atoms with van der Waals surface area (Å²) in [5.41, 5.74) is 2.29. The van der Waals surface area contributed by atoms with Crippen molar-refractivity contribution in [2.24, 2.45) is 0 Å². The zero-order valence-corrected chi connectivity index (χ0v) is 9.32. The minimum atomic E-state index is 0.949. The number of nitrogens with zero attached hydrogens (tertiary/aromatic N) is 2. The SMILES string of the molecule is C(=C\c1ncc2ccccn12)/c1ccccc1. The Bertz CT molecular complexity index is 651. The van der Waals surface area contributed by atoms with Gasteiger partial charge in [-0.25, -0.2) is 4.98 Å². The van der Waals surface area contributed by atoms with E-state index in [-0.39, 0.29) is 0 Å². The lowest BCUT2D eigenvalue weighted by Crippen LogP contribution is -1.85. The standard InChI is InChI=1S/C15H12N2/c1-2-6-13(7-3-1)9-10-15-16-12-14-8-4-5-11-17(14)15/h1-12H/b10-9+. The Hall–Kier alpha value is -2.35. The van der Waals surface area contributed by atoms with Crippen molar-refractivity contribution < 1.29 is 0 Å². The highest BCUT2D eigenvalue weighted by molar-refractivity contribution is 5.68. The second kappa shape index (κ2) is 4.26. The third kappa shape index (κ3) is 1.97. The van der Waals surface area contributed by atoms with E-state index in [1.54, 1.807) is 0 Å². The van der Waals surface area contributed by atoms with Crippen molar-refractivity contribution >= 4 is 17.7 Å². The molecule has 0 aliphatic heterocycles. The van der Waals surface area contributed by atoms with Gasteiger partial charge in [0, 0.05) is 6.20 Å². The molecule has 0 amide bonds. The Morgan fingerprint density at radius 1 is 0.882 bits per heavy atom. The first-order chi connectivity index (χ1) is 8.43. The summed E-state index contributed by atoms with van der Waals surface area (Å²) in [6.07, 6.45) is 8.00. The molecule has 2 aromatic heterocycles. The molecule has 1 aromatic carbocycles. The van der Waals surface area contributed by atoms with Gasteiger partial charge in [0.05, 0.1) is 11.7 Å². The fourth-order valence-electron chi connectivity index (χ4n) is 1.82.